The summed E-state index contributed by atoms with van der Waals surface area (Å²) in [6.07, 6.45) is 0.327. The number of carbonyl (C=O) groups is 3. The molecule has 3 unspecified atom stereocenters. The first kappa shape index (κ1) is 22.3. The maximum Gasteiger partial charge on any atom is 0.303 e. The van der Waals surface area contributed by atoms with Crippen molar-refractivity contribution >= 4 is 17.5 Å². The van der Waals surface area contributed by atoms with Gasteiger partial charge in [-0.05, 0) is 56.3 Å². The number of fused-ring (bicyclic) bond motifs is 5. The van der Waals surface area contributed by atoms with Gasteiger partial charge in [0.1, 0.15) is 11.8 Å². The van der Waals surface area contributed by atoms with E-state index in [0.717, 1.165) is 13.0 Å². The van der Waals surface area contributed by atoms with E-state index in [2.05, 4.69) is 0 Å². The van der Waals surface area contributed by atoms with Gasteiger partial charge in [0.25, 0.3) is 0 Å². The van der Waals surface area contributed by atoms with Crippen LogP contribution in [-0.4, -0.2) is 57.9 Å². The van der Waals surface area contributed by atoms with Gasteiger partial charge in [0.05, 0.1) is 6.10 Å². The largest absolute Gasteiger partial charge is 0.458 e. The molecule has 2 N–H and O–H groups in total. The molecule has 4 aliphatic rings. The van der Waals surface area contributed by atoms with Crippen LogP contribution in [-0.2, 0) is 19.1 Å². The van der Waals surface area contributed by atoms with Crippen molar-refractivity contribution in [3.63, 3.8) is 0 Å². The van der Waals surface area contributed by atoms with Crippen LogP contribution in [0.2, 0.25) is 0 Å². The zero-order chi connectivity index (χ0) is 23.0. The molecule has 4 aliphatic carbocycles. The molecule has 8 heteroatoms. The minimum Gasteiger partial charge on any atom is -0.458 e. The Labute approximate surface area is 179 Å². The summed E-state index contributed by atoms with van der Waals surface area (Å²) in [6.45, 7) is 3.66. The first-order valence-corrected chi connectivity index (χ1v) is 10.7. The SMILES string of the molecule is CC(=O)OCC(=O)[C@@]1(O)CCC2[C@@H]3CC(F)C4=CC(=O)C=C[C@]4(C)C3(F)[C@H](O)C[C@@]21C. The molecular formula is C23H28F2O6. The summed E-state index contributed by atoms with van der Waals surface area (Å²) in [4.78, 5) is 35.8. The smallest absolute Gasteiger partial charge is 0.303 e. The summed E-state index contributed by atoms with van der Waals surface area (Å²) < 4.78 is 36.9. The van der Waals surface area contributed by atoms with Crippen molar-refractivity contribution in [2.45, 2.75) is 70.0 Å². The Balaban J connectivity index is 1.75. The van der Waals surface area contributed by atoms with Crippen LogP contribution in [0.25, 0.3) is 0 Å². The number of rotatable bonds is 3. The Morgan fingerprint density at radius 1 is 1.29 bits per heavy atom. The molecule has 3 saturated carbocycles. The van der Waals surface area contributed by atoms with E-state index in [1.165, 1.54) is 19.1 Å². The summed E-state index contributed by atoms with van der Waals surface area (Å²) in [5.41, 5.74) is -6.87. The van der Waals surface area contributed by atoms with E-state index >= 15 is 8.78 Å². The Morgan fingerprint density at radius 2 is 1.97 bits per heavy atom. The standard InChI is InChI=1S/C23H28F2O6/c1-12(26)31-11-19(29)22(30)7-5-14-15-9-17(24)16-8-13(27)4-6-20(16,2)23(15,25)18(28)10-21(14,22)3/h4,6,8,14-15,17-18,28,30H,5,7,9-11H2,1-3H3/t14?,15-,17?,18+,20-,21-,22-,23?/m0/s1. The zero-order valence-electron chi connectivity index (χ0n) is 17.9. The summed E-state index contributed by atoms with van der Waals surface area (Å²) in [5.74, 6) is -3.32. The predicted octanol–water partition coefficient (Wildman–Crippen LogP) is 2.17. The van der Waals surface area contributed by atoms with Crippen molar-refractivity contribution in [1.82, 2.24) is 0 Å². The highest BCUT2D eigenvalue weighted by molar-refractivity contribution is 6.01. The second kappa shape index (κ2) is 6.78. The molecule has 0 aromatic heterocycles. The Hall–Kier alpha value is -1.93. The molecular weight excluding hydrogens is 410 g/mol. The van der Waals surface area contributed by atoms with Crippen LogP contribution in [0.15, 0.2) is 23.8 Å². The molecule has 0 aromatic carbocycles. The second-order valence-corrected chi connectivity index (χ2v) is 9.96. The van der Waals surface area contributed by atoms with Gasteiger partial charge in [-0.25, -0.2) is 8.78 Å². The third kappa shape index (κ3) is 2.70. The van der Waals surface area contributed by atoms with E-state index in [-0.39, 0.29) is 31.3 Å². The fourth-order valence-corrected chi connectivity index (χ4v) is 6.95. The number of halogens is 2. The van der Waals surface area contributed by atoms with Gasteiger partial charge in [0, 0.05) is 23.7 Å². The number of hydrogen-bond donors (Lipinski definition) is 2. The van der Waals surface area contributed by atoms with Crippen LogP contribution in [0.4, 0.5) is 8.78 Å². The van der Waals surface area contributed by atoms with E-state index in [0.29, 0.717) is 0 Å². The van der Waals surface area contributed by atoms with Crippen LogP contribution >= 0.6 is 0 Å². The maximum atomic E-state index is 16.9. The molecule has 4 rings (SSSR count). The van der Waals surface area contributed by atoms with Crippen LogP contribution in [0.3, 0.4) is 0 Å². The van der Waals surface area contributed by atoms with Gasteiger partial charge in [-0.2, -0.15) is 0 Å². The minimum atomic E-state index is -2.26. The fraction of sp³-hybridized carbons (Fsp3) is 0.696. The zero-order valence-corrected chi connectivity index (χ0v) is 17.9. The molecule has 170 valence electrons. The normalized spacial score (nSPS) is 48.4. The Kier molecular flexibility index (Phi) is 4.87. The average Bonchev–Trinajstić information content (AvgIpc) is 2.96. The lowest BCUT2D eigenvalue weighted by atomic mass is 9.44. The number of aliphatic hydroxyl groups excluding tert-OH is 1. The highest BCUT2D eigenvalue weighted by atomic mass is 19.1. The lowest BCUT2D eigenvalue weighted by Crippen LogP contribution is -2.70. The highest BCUT2D eigenvalue weighted by Gasteiger charge is 2.75. The number of ether oxygens (including phenoxy) is 1. The van der Waals surface area contributed by atoms with Gasteiger partial charge < -0.3 is 14.9 Å². The maximum absolute atomic E-state index is 16.9. The van der Waals surface area contributed by atoms with Crippen LogP contribution in [0.5, 0.6) is 0 Å². The molecule has 8 atom stereocenters. The van der Waals surface area contributed by atoms with Gasteiger partial charge in [-0.3, -0.25) is 14.4 Å². The quantitative estimate of drug-likeness (QED) is 0.655. The fourth-order valence-electron chi connectivity index (χ4n) is 6.95. The van der Waals surface area contributed by atoms with Gasteiger partial charge in [-0.15, -0.1) is 0 Å². The lowest BCUT2D eigenvalue weighted by molar-refractivity contribution is -0.222. The molecule has 0 aliphatic heterocycles. The number of ketones is 2. The second-order valence-electron chi connectivity index (χ2n) is 9.96. The first-order chi connectivity index (χ1) is 14.3. The van der Waals surface area contributed by atoms with Crippen molar-refractivity contribution in [2.75, 3.05) is 6.61 Å². The summed E-state index contributed by atoms with van der Waals surface area (Å²) >= 11 is 0. The molecule has 0 aromatic rings. The van der Waals surface area contributed by atoms with E-state index < -0.39 is 70.4 Å². The van der Waals surface area contributed by atoms with Crippen molar-refractivity contribution in [3.05, 3.63) is 23.8 Å². The topological polar surface area (TPSA) is 101 Å². The van der Waals surface area contributed by atoms with Gasteiger partial charge in [-0.1, -0.05) is 13.0 Å². The molecule has 0 spiro atoms. The highest BCUT2D eigenvalue weighted by Crippen LogP contribution is 2.70. The molecule has 31 heavy (non-hydrogen) atoms. The number of aliphatic hydroxyl groups is 2. The van der Waals surface area contributed by atoms with Crippen LogP contribution in [0.1, 0.15) is 46.5 Å². The molecule has 0 radical (unpaired) electrons. The van der Waals surface area contributed by atoms with Crippen LogP contribution in [0, 0.1) is 22.7 Å². The molecule has 0 saturated heterocycles. The minimum absolute atomic E-state index is 0.0122. The predicted molar refractivity (Wildman–Crippen MR) is 105 cm³/mol. The van der Waals surface area contributed by atoms with Crippen molar-refractivity contribution in [3.8, 4) is 0 Å². The molecule has 0 bridgehead atoms. The molecule has 0 amide bonds. The van der Waals surface area contributed by atoms with Crippen molar-refractivity contribution < 1.29 is 38.1 Å². The number of carbonyl (C=O) groups excluding carboxylic acids is 3. The molecule has 3 fully saturated rings. The third-order valence-corrected chi connectivity index (χ3v) is 8.65. The third-order valence-electron chi connectivity index (χ3n) is 8.65. The van der Waals surface area contributed by atoms with E-state index in [4.69, 9.17) is 4.74 Å². The monoisotopic (exact) mass is 438 g/mol. The summed E-state index contributed by atoms with van der Waals surface area (Å²) in [5, 5.41) is 22.5. The molecule has 0 heterocycles. The number of alkyl halides is 2. The molecule has 6 nitrogen and oxygen atoms in total. The van der Waals surface area contributed by atoms with E-state index in [1.54, 1.807) is 6.92 Å². The summed E-state index contributed by atoms with van der Waals surface area (Å²) in [6, 6.07) is 0. The van der Waals surface area contributed by atoms with Gasteiger partial charge >= 0.3 is 5.97 Å². The first-order valence-electron chi connectivity index (χ1n) is 10.7. The average molecular weight is 438 g/mol. The number of esters is 1. The summed E-state index contributed by atoms with van der Waals surface area (Å²) in [7, 11) is 0. The van der Waals surface area contributed by atoms with Crippen molar-refractivity contribution in [1.29, 1.82) is 0 Å². The van der Waals surface area contributed by atoms with Gasteiger partial charge in [0.15, 0.2) is 18.1 Å². The number of allylic oxidation sites excluding steroid dienone is 4. The van der Waals surface area contributed by atoms with E-state index in [9.17, 15) is 24.6 Å². The van der Waals surface area contributed by atoms with Crippen molar-refractivity contribution in [2.24, 2.45) is 22.7 Å². The van der Waals surface area contributed by atoms with Crippen LogP contribution < -0.4 is 0 Å². The Bertz CT molecular complexity index is 914. The number of hydrogen-bond acceptors (Lipinski definition) is 6. The Morgan fingerprint density at radius 3 is 2.61 bits per heavy atom. The van der Waals surface area contributed by atoms with E-state index in [1.807, 2.05) is 0 Å². The lowest BCUT2D eigenvalue weighted by Gasteiger charge is -2.63. The number of Topliss-reactive ketones (excluding diaryl/α,β-unsaturated/α-hetero) is 1. The van der Waals surface area contributed by atoms with Gasteiger partial charge in [0.2, 0.25) is 5.78 Å².